The van der Waals surface area contributed by atoms with E-state index in [9.17, 15) is 10.1 Å². The molecule has 7 nitrogen and oxygen atoms in total. The smallest absolute Gasteiger partial charge is 0.372 e. The molecule has 0 radical (unpaired) electrons. The Morgan fingerprint density at radius 3 is 2.96 bits per heavy atom. The first kappa shape index (κ1) is 13.6. The number of anilines is 1. The highest BCUT2D eigenvalue weighted by Gasteiger charge is 2.27. The molecule has 3 aromatic rings. The topological polar surface area (TPSA) is 81.7 Å². The van der Waals surface area contributed by atoms with Crippen LogP contribution in [0.15, 0.2) is 48.7 Å². The Balaban J connectivity index is 1.77. The number of benzene rings is 1. The maximum Gasteiger partial charge on any atom is 0.372 e. The summed E-state index contributed by atoms with van der Waals surface area (Å²) in [6.07, 6.45) is 2.37. The molecule has 2 aromatic heterocycles. The summed E-state index contributed by atoms with van der Waals surface area (Å²) in [5.41, 5.74) is 1.53. The van der Waals surface area contributed by atoms with Gasteiger partial charge in [0.1, 0.15) is 5.75 Å². The van der Waals surface area contributed by atoms with E-state index < -0.39 is 4.92 Å². The minimum absolute atomic E-state index is 0.0513. The molecule has 7 heteroatoms. The van der Waals surface area contributed by atoms with Crippen LogP contribution in [-0.2, 0) is 0 Å². The quantitative estimate of drug-likeness (QED) is 0.593. The molecule has 1 atom stereocenters. The highest BCUT2D eigenvalue weighted by Crippen LogP contribution is 2.36. The molecule has 0 saturated heterocycles. The standard InChI is InChI=1S/C16H14N4O3/c21-20(22)16-15(18-14-7-3-4-9-19(14)16)17-12-8-10-23-13-6-2-1-5-11(12)13/h1-7,9,12,17H,8,10H2/t12-/m1/s1. The van der Waals surface area contributed by atoms with Crippen molar-refractivity contribution in [2.24, 2.45) is 0 Å². The third-order valence-corrected chi connectivity index (χ3v) is 3.95. The summed E-state index contributed by atoms with van der Waals surface area (Å²) < 4.78 is 7.11. The third-order valence-electron chi connectivity index (χ3n) is 3.95. The molecule has 1 aliphatic heterocycles. The number of hydrogen-bond acceptors (Lipinski definition) is 5. The molecule has 4 rings (SSSR count). The molecule has 0 saturated carbocycles. The first-order valence-electron chi connectivity index (χ1n) is 7.34. The molecule has 0 unspecified atom stereocenters. The van der Waals surface area contributed by atoms with Gasteiger partial charge in [-0.1, -0.05) is 24.3 Å². The molecule has 0 bridgehead atoms. The van der Waals surface area contributed by atoms with Crippen molar-refractivity contribution < 1.29 is 9.66 Å². The van der Waals surface area contributed by atoms with E-state index in [-0.39, 0.29) is 17.7 Å². The normalized spacial score (nSPS) is 16.6. The van der Waals surface area contributed by atoms with Gasteiger partial charge in [0, 0.05) is 18.1 Å². The Hall–Kier alpha value is -3.09. The van der Waals surface area contributed by atoms with Crippen LogP contribution < -0.4 is 10.1 Å². The minimum atomic E-state index is -0.409. The zero-order valence-corrected chi connectivity index (χ0v) is 12.2. The second kappa shape index (κ2) is 5.28. The maximum absolute atomic E-state index is 11.5. The minimum Gasteiger partial charge on any atom is -0.493 e. The van der Waals surface area contributed by atoms with Crippen LogP contribution in [0.25, 0.3) is 5.65 Å². The van der Waals surface area contributed by atoms with Crippen molar-refractivity contribution in [2.45, 2.75) is 12.5 Å². The maximum atomic E-state index is 11.5. The largest absolute Gasteiger partial charge is 0.493 e. The lowest BCUT2D eigenvalue weighted by atomic mass is 10.0. The molecular formula is C16H14N4O3. The number of hydrogen-bond donors (Lipinski definition) is 1. The summed E-state index contributed by atoms with van der Waals surface area (Å²) in [7, 11) is 0. The van der Waals surface area contributed by atoms with Gasteiger partial charge in [0.15, 0.2) is 0 Å². The Morgan fingerprint density at radius 1 is 1.26 bits per heavy atom. The van der Waals surface area contributed by atoms with Gasteiger partial charge in [0.2, 0.25) is 11.5 Å². The van der Waals surface area contributed by atoms with Crippen molar-refractivity contribution in [1.29, 1.82) is 0 Å². The second-order valence-electron chi connectivity index (χ2n) is 5.34. The molecule has 116 valence electrons. The van der Waals surface area contributed by atoms with Crippen molar-refractivity contribution in [3.63, 3.8) is 0 Å². The lowest BCUT2D eigenvalue weighted by Crippen LogP contribution is -2.20. The molecule has 0 fully saturated rings. The van der Waals surface area contributed by atoms with Gasteiger partial charge < -0.3 is 20.2 Å². The van der Waals surface area contributed by atoms with E-state index in [2.05, 4.69) is 10.3 Å². The molecule has 3 heterocycles. The Kier molecular flexibility index (Phi) is 3.11. The van der Waals surface area contributed by atoms with Crippen molar-refractivity contribution in [3.05, 3.63) is 64.3 Å². The number of imidazole rings is 1. The number of pyridine rings is 1. The molecule has 0 spiro atoms. The number of nitro groups is 1. The summed E-state index contributed by atoms with van der Waals surface area (Å²) in [5, 5.41) is 14.7. The van der Waals surface area contributed by atoms with E-state index >= 15 is 0 Å². The monoisotopic (exact) mass is 310 g/mol. The molecule has 1 aromatic carbocycles. The first-order valence-corrected chi connectivity index (χ1v) is 7.34. The molecular weight excluding hydrogens is 296 g/mol. The summed E-state index contributed by atoms with van der Waals surface area (Å²) >= 11 is 0. The molecule has 0 amide bonds. The van der Waals surface area contributed by atoms with Gasteiger partial charge in [-0.05, 0) is 17.1 Å². The molecule has 1 aliphatic rings. The number of nitrogens with one attached hydrogen (secondary N) is 1. The highest BCUT2D eigenvalue weighted by atomic mass is 16.6. The lowest BCUT2D eigenvalue weighted by molar-refractivity contribution is -0.389. The van der Waals surface area contributed by atoms with E-state index in [0.29, 0.717) is 12.3 Å². The van der Waals surface area contributed by atoms with E-state index in [0.717, 1.165) is 17.7 Å². The Bertz CT molecular complexity index is 890. The SMILES string of the molecule is O=[N+]([O-])c1c(N[C@@H]2CCOc3ccccc32)nc2ccccn12. The fourth-order valence-electron chi connectivity index (χ4n) is 2.91. The van der Waals surface area contributed by atoms with Gasteiger partial charge >= 0.3 is 5.82 Å². The van der Waals surface area contributed by atoms with Crippen molar-refractivity contribution >= 4 is 17.3 Å². The van der Waals surface area contributed by atoms with Gasteiger partial charge in [0.25, 0.3) is 0 Å². The van der Waals surface area contributed by atoms with Crippen molar-refractivity contribution in [1.82, 2.24) is 9.38 Å². The first-order chi connectivity index (χ1) is 11.2. The van der Waals surface area contributed by atoms with E-state index in [4.69, 9.17) is 4.74 Å². The number of fused-ring (bicyclic) bond motifs is 2. The number of rotatable bonds is 3. The van der Waals surface area contributed by atoms with E-state index in [1.54, 1.807) is 24.4 Å². The van der Waals surface area contributed by atoms with Gasteiger partial charge in [-0.2, -0.15) is 9.38 Å². The van der Waals surface area contributed by atoms with Gasteiger partial charge in [-0.3, -0.25) is 0 Å². The lowest BCUT2D eigenvalue weighted by Gasteiger charge is -2.26. The van der Waals surface area contributed by atoms with Crippen LogP contribution in [0.3, 0.4) is 0 Å². The van der Waals surface area contributed by atoms with Crippen LogP contribution >= 0.6 is 0 Å². The van der Waals surface area contributed by atoms with Gasteiger partial charge in [-0.25, -0.2) is 0 Å². The molecule has 1 N–H and O–H groups in total. The Labute approximate surface area is 131 Å². The highest BCUT2D eigenvalue weighted by molar-refractivity contribution is 5.63. The van der Waals surface area contributed by atoms with Crippen LogP contribution in [0, 0.1) is 10.1 Å². The average Bonchev–Trinajstić information content (AvgIpc) is 2.93. The van der Waals surface area contributed by atoms with E-state index in [1.807, 2.05) is 24.3 Å². The predicted octanol–water partition coefficient (Wildman–Crippen LogP) is 3.18. The zero-order valence-electron chi connectivity index (χ0n) is 12.2. The fourth-order valence-corrected chi connectivity index (χ4v) is 2.91. The summed E-state index contributed by atoms with van der Waals surface area (Å²) in [4.78, 5) is 15.4. The average molecular weight is 310 g/mol. The number of nitrogens with zero attached hydrogens (tertiary/aromatic N) is 3. The number of ether oxygens (including phenoxy) is 1. The van der Waals surface area contributed by atoms with Crippen LogP contribution in [0.1, 0.15) is 18.0 Å². The van der Waals surface area contributed by atoms with Gasteiger partial charge in [0.05, 0.1) is 18.8 Å². The molecule has 23 heavy (non-hydrogen) atoms. The molecule has 0 aliphatic carbocycles. The fraction of sp³-hybridized carbons (Fsp3) is 0.188. The second-order valence-corrected chi connectivity index (χ2v) is 5.34. The van der Waals surface area contributed by atoms with Crippen molar-refractivity contribution in [2.75, 3.05) is 11.9 Å². The predicted molar refractivity (Wildman–Crippen MR) is 84.8 cm³/mol. The van der Waals surface area contributed by atoms with Crippen LogP contribution in [0.5, 0.6) is 5.75 Å². The van der Waals surface area contributed by atoms with Crippen molar-refractivity contribution in [3.8, 4) is 5.75 Å². The van der Waals surface area contributed by atoms with Crippen LogP contribution in [-0.4, -0.2) is 20.9 Å². The third kappa shape index (κ3) is 2.26. The van der Waals surface area contributed by atoms with Gasteiger partial charge in [-0.15, -0.1) is 0 Å². The summed E-state index contributed by atoms with van der Waals surface area (Å²) in [6.45, 7) is 0.565. The summed E-state index contributed by atoms with van der Waals surface area (Å²) in [6, 6.07) is 12.9. The number of aromatic nitrogens is 2. The van der Waals surface area contributed by atoms with Crippen LogP contribution in [0.2, 0.25) is 0 Å². The zero-order chi connectivity index (χ0) is 15.8. The van der Waals surface area contributed by atoms with Crippen LogP contribution in [0.4, 0.5) is 11.6 Å². The number of para-hydroxylation sites is 1. The Morgan fingerprint density at radius 2 is 2.09 bits per heavy atom. The summed E-state index contributed by atoms with van der Waals surface area (Å²) in [5.74, 6) is 1.04. The van der Waals surface area contributed by atoms with E-state index in [1.165, 1.54) is 4.40 Å².